The van der Waals surface area contributed by atoms with Gasteiger partial charge in [-0.2, -0.15) is 4.98 Å². The summed E-state index contributed by atoms with van der Waals surface area (Å²) in [4.78, 5) is 43.2. The highest BCUT2D eigenvalue weighted by atomic mass is 16.2. The zero-order valence-electron chi connectivity index (χ0n) is 20.6. The number of aryl methyl sites for hydroxylation is 1. The Morgan fingerprint density at radius 2 is 1.74 bits per heavy atom. The van der Waals surface area contributed by atoms with Crippen LogP contribution >= 0.6 is 0 Å². The van der Waals surface area contributed by atoms with E-state index in [1.807, 2.05) is 23.6 Å². The summed E-state index contributed by atoms with van der Waals surface area (Å²) in [5, 5.41) is 0. The van der Waals surface area contributed by atoms with Gasteiger partial charge in [0.1, 0.15) is 11.5 Å². The lowest BCUT2D eigenvalue weighted by Crippen LogP contribution is -2.48. The first-order valence-electron chi connectivity index (χ1n) is 12.4. The van der Waals surface area contributed by atoms with Gasteiger partial charge in [0, 0.05) is 51.3 Å². The van der Waals surface area contributed by atoms with Crippen molar-refractivity contribution < 1.29 is 9.59 Å². The normalized spacial score (nSPS) is 20.5. The molecule has 4 heterocycles. The lowest BCUT2D eigenvalue weighted by atomic mass is 10.0. The van der Waals surface area contributed by atoms with E-state index in [0.717, 1.165) is 30.8 Å². The molecule has 1 atom stereocenters. The molecule has 8 nitrogen and oxygen atoms in total. The quantitative estimate of drug-likeness (QED) is 0.695. The number of aromatic nitrogens is 2. The lowest BCUT2D eigenvalue weighted by molar-refractivity contribution is -0.129. The highest BCUT2D eigenvalue weighted by Gasteiger charge is 2.39. The molecule has 1 aromatic heterocycles. The molecule has 1 aromatic carbocycles. The molecule has 0 spiro atoms. The van der Waals surface area contributed by atoms with Crippen LogP contribution in [0.4, 0.5) is 11.8 Å². The average molecular weight is 463 g/mol. The SMILES string of the molecule is CC(=O)N1CCN(c2nc3c(c(N4CCCC4c4ccc(C)cc4)n2)CN(C(C)C)C3=O)CC1. The number of rotatable bonds is 4. The van der Waals surface area contributed by atoms with Gasteiger partial charge >= 0.3 is 0 Å². The van der Waals surface area contributed by atoms with Crippen LogP contribution in [-0.4, -0.2) is 70.3 Å². The largest absolute Gasteiger partial charge is 0.349 e. The lowest BCUT2D eigenvalue weighted by Gasteiger charge is -2.35. The molecule has 8 heteroatoms. The minimum Gasteiger partial charge on any atom is -0.349 e. The van der Waals surface area contributed by atoms with Crippen molar-refractivity contribution in [2.75, 3.05) is 42.5 Å². The van der Waals surface area contributed by atoms with E-state index in [0.29, 0.717) is 44.4 Å². The van der Waals surface area contributed by atoms with Crippen LogP contribution in [0.15, 0.2) is 24.3 Å². The van der Waals surface area contributed by atoms with Gasteiger partial charge in [0.25, 0.3) is 5.91 Å². The minimum atomic E-state index is -0.0108. The number of amides is 2. The van der Waals surface area contributed by atoms with E-state index in [1.165, 1.54) is 11.1 Å². The maximum Gasteiger partial charge on any atom is 0.273 e. The molecule has 0 radical (unpaired) electrons. The topological polar surface area (TPSA) is 72.9 Å². The van der Waals surface area contributed by atoms with Crippen molar-refractivity contribution in [3.8, 4) is 0 Å². The Hall–Kier alpha value is -3.16. The molecule has 5 rings (SSSR count). The van der Waals surface area contributed by atoms with Gasteiger partial charge in [0.05, 0.1) is 12.6 Å². The van der Waals surface area contributed by atoms with Gasteiger partial charge in [-0.05, 0) is 39.2 Å². The fraction of sp³-hybridized carbons (Fsp3) is 0.538. The predicted molar refractivity (Wildman–Crippen MR) is 132 cm³/mol. The second kappa shape index (κ2) is 8.89. The number of hydrogen-bond acceptors (Lipinski definition) is 6. The molecular weight excluding hydrogens is 428 g/mol. The first-order chi connectivity index (χ1) is 16.3. The second-order valence-corrected chi connectivity index (χ2v) is 9.96. The Labute approximate surface area is 201 Å². The fourth-order valence-electron chi connectivity index (χ4n) is 5.33. The van der Waals surface area contributed by atoms with Gasteiger partial charge in [-0.3, -0.25) is 9.59 Å². The fourth-order valence-corrected chi connectivity index (χ4v) is 5.33. The third-order valence-corrected chi connectivity index (χ3v) is 7.38. The maximum atomic E-state index is 13.3. The van der Waals surface area contributed by atoms with Crippen molar-refractivity contribution in [3.63, 3.8) is 0 Å². The molecule has 0 bridgehead atoms. The highest BCUT2D eigenvalue weighted by molar-refractivity contribution is 5.98. The molecule has 0 saturated carbocycles. The van der Waals surface area contributed by atoms with Gasteiger partial charge in [-0.1, -0.05) is 29.8 Å². The van der Waals surface area contributed by atoms with Crippen LogP contribution in [0.25, 0.3) is 0 Å². The summed E-state index contributed by atoms with van der Waals surface area (Å²) in [7, 11) is 0. The van der Waals surface area contributed by atoms with E-state index < -0.39 is 0 Å². The Morgan fingerprint density at radius 3 is 2.38 bits per heavy atom. The van der Waals surface area contributed by atoms with Crippen molar-refractivity contribution in [1.29, 1.82) is 0 Å². The molecule has 0 N–H and O–H groups in total. The minimum absolute atomic E-state index is 0.0108. The monoisotopic (exact) mass is 462 g/mol. The number of hydrogen-bond donors (Lipinski definition) is 0. The van der Waals surface area contributed by atoms with E-state index in [4.69, 9.17) is 9.97 Å². The number of fused-ring (bicyclic) bond motifs is 1. The molecular formula is C26H34N6O2. The smallest absolute Gasteiger partial charge is 0.273 e. The molecule has 2 amide bonds. The molecule has 180 valence electrons. The highest BCUT2D eigenvalue weighted by Crippen LogP contribution is 2.40. The summed E-state index contributed by atoms with van der Waals surface area (Å²) >= 11 is 0. The maximum absolute atomic E-state index is 13.3. The molecule has 3 aliphatic heterocycles. The number of carbonyl (C=O) groups is 2. The van der Waals surface area contributed by atoms with Gasteiger partial charge in [-0.15, -0.1) is 0 Å². The standard InChI is InChI=1S/C26H34N6O2/c1-17(2)32-16-21-23(25(32)34)27-26(30-14-12-29(13-15-30)19(4)33)28-24(21)31-11-5-6-22(31)20-9-7-18(3)8-10-20/h7-10,17,22H,5-6,11-16H2,1-4H3. The summed E-state index contributed by atoms with van der Waals surface area (Å²) in [6, 6.07) is 9.11. The van der Waals surface area contributed by atoms with Crippen molar-refractivity contribution in [2.45, 2.75) is 59.2 Å². The van der Waals surface area contributed by atoms with E-state index in [1.54, 1.807) is 6.92 Å². The zero-order valence-corrected chi connectivity index (χ0v) is 20.6. The number of anilines is 2. The summed E-state index contributed by atoms with van der Waals surface area (Å²) in [6.07, 6.45) is 2.15. The van der Waals surface area contributed by atoms with Crippen LogP contribution in [0.1, 0.15) is 66.8 Å². The second-order valence-electron chi connectivity index (χ2n) is 9.96. The van der Waals surface area contributed by atoms with Crippen LogP contribution in [0, 0.1) is 6.92 Å². The molecule has 2 aromatic rings. The Kier molecular flexibility index (Phi) is 5.91. The molecule has 3 aliphatic rings. The Balaban J connectivity index is 1.53. The van der Waals surface area contributed by atoms with Crippen molar-refractivity contribution in [2.24, 2.45) is 0 Å². The van der Waals surface area contributed by atoms with Gasteiger partial charge in [0.2, 0.25) is 11.9 Å². The molecule has 2 saturated heterocycles. The van der Waals surface area contributed by atoms with E-state index >= 15 is 0 Å². The third kappa shape index (κ3) is 3.99. The van der Waals surface area contributed by atoms with E-state index in [9.17, 15) is 9.59 Å². The first-order valence-corrected chi connectivity index (χ1v) is 12.4. The summed E-state index contributed by atoms with van der Waals surface area (Å²) in [6.45, 7) is 11.9. The van der Waals surface area contributed by atoms with E-state index in [-0.39, 0.29) is 23.9 Å². The third-order valence-electron chi connectivity index (χ3n) is 7.38. The first kappa shape index (κ1) is 22.6. The van der Waals surface area contributed by atoms with Crippen molar-refractivity contribution in [1.82, 2.24) is 19.8 Å². The predicted octanol–water partition coefficient (Wildman–Crippen LogP) is 3.16. The van der Waals surface area contributed by atoms with E-state index in [2.05, 4.69) is 41.0 Å². The van der Waals surface area contributed by atoms with Crippen LogP contribution in [-0.2, 0) is 11.3 Å². The Bertz CT molecular complexity index is 1090. The molecule has 2 fully saturated rings. The van der Waals surface area contributed by atoms with Crippen LogP contribution in [0.5, 0.6) is 0 Å². The van der Waals surface area contributed by atoms with Crippen LogP contribution < -0.4 is 9.80 Å². The summed E-state index contributed by atoms with van der Waals surface area (Å²) in [5.41, 5.74) is 4.03. The van der Waals surface area contributed by atoms with Gasteiger partial charge in [-0.25, -0.2) is 4.98 Å². The Morgan fingerprint density at radius 1 is 1.03 bits per heavy atom. The molecule has 1 unspecified atom stereocenters. The number of carbonyl (C=O) groups excluding carboxylic acids is 2. The summed E-state index contributed by atoms with van der Waals surface area (Å²) < 4.78 is 0. The van der Waals surface area contributed by atoms with Gasteiger partial charge < -0.3 is 19.6 Å². The number of benzene rings is 1. The molecule has 0 aliphatic carbocycles. The van der Waals surface area contributed by atoms with Crippen LogP contribution in [0.3, 0.4) is 0 Å². The number of piperazine rings is 1. The number of nitrogens with zero attached hydrogens (tertiary/aromatic N) is 6. The zero-order chi connectivity index (χ0) is 24.0. The van der Waals surface area contributed by atoms with Gasteiger partial charge in [0.15, 0.2) is 0 Å². The summed E-state index contributed by atoms with van der Waals surface area (Å²) in [5.74, 6) is 1.58. The molecule has 34 heavy (non-hydrogen) atoms. The van der Waals surface area contributed by atoms with Crippen LogP contribution in [0.2, 0.25) is 0 Å². The average Bonchev–Trinajstić information content (AvgIpc) is 3.44. The van der Waals surface area contributed by atoms with Crippen molar-refractivity contribution >= 4 is 23.6 Å². The van der Waals surface area contributed by atoms with Crippen molar-refractivity contribution in [3.05, 3.63) is 46.6 Å².